The second-order valence-corrected chi connectivity index (χ2v) is 20.2. The number of aliphatic hydroxyl groups is 2. The molecule has 0 spiro atoms. The van der Waals surface area contributed by atoms with Crippen molar-refractivity contribution in [3.05, 3.63) is 35.9 Å². The number of carbonyl (C=O) groups excluding carboxylic acids is 10. The molecule has 3 rings (SSSR count). The van der Waals surface area contributed by atoms with Crippen LogP contribution in [0.2, 0.25) is 0 Å². The molecule has 0 unspecified atom stereocenters. The molecule has 1 saturated carbocycles. The fraction of sp³-hybridized carbons (Fsp3) is 0.680. The summed E-state index contributed by atoms with van der Waals surface area (Å²) in [6.45, 7) is 4.53. The summed E-state index contributed by atoms with van der Waals surface area (Å²) >= 11 is 0. The summed E-state index contributed by atoms with van der Waals surface area (Å²) in [4.78, 5) is 144. The highest BCUT2D eigenvalue weighted by Crippen LogP contribution is 2.24. The maximum absolute atomic E-state index is 15.2. The molecule has 1 aliphatic carbocycles. The molecule has 1 heterocycles. The first-order valence-electron chi connectivity index (χ1n) is 26.5. The predicted molar refractivity (Wildman–Crippen MR) is 282 cm³/mol. The predicted octanol–water partition coefficient (Wildman–Crippen LogP) is -6.09. The Labute approximate surface area is 449 Å². The van der Waals surface area contributed by atoms with Crippen LogP contribution in [0.4, 0.5) is 0 Å². The summed E-state index contributed by atoms with van der Waals surface area (Å²) in [5, 5.41) is 42.4. The largest absolute Gasteiger partial charge is 0.391 e. The molecule has 1 aromatic carbocycles. The lowest BCUT2D eigenvalue weighted by molar-refractivity contribution is -0.158. The number of hydrogen-bond acceptors (Lipinski definition) is 18. The van der Waals surface area contributed by atoms with E-state index in [2.05, 4.69) is 42.5 Å². The van der Waals surface area contributed by atoms with Crippen molar-refractivity contribution in [1.82, 2.24) is 47.4 Å². The molecule has 432 valence electrons. The molecule has 0 radical (unpaired) electrons. The fourth-order valence-electron chi connectivity index (χ4n) is 9.16. The number of rotatable bonds is 21. The van der Waals surface area contributed by atoms with Gasteiger partial charge in [0, 0.05) is 18.4 Å². The summed E-state index contributed by atoms with van der Waals surface area (Å²) in [5.41, 5.74) is 36.4. The monoisotopic (exact) mass is 1090 g/mol. The first kappa shape index (κ1) is 65.1. The maximum atomic E-state index is 15.2. The second-order valence-electron chi connectivity index (χ2n) is 20.2. The zero-order valence-electron chi connectivity index (χ0n) is 44.7. The molecule has 27 nitrogen and oxygen atoms in total. The van der Waals surface area contributed by atoms with Gasteiger partial charge in [-0.2, -0.15) is 0 Å². The number of amides is 10. The van der Waals surface area contributed by atoms with Gasteiger partial charge in [0.15, 0.2) is 0 Å². The second kappa shape index (κ2) is 32.5. The zero-order chi connectivity index (χ0) is 57.5. The van der Waals surface area contributed by atoms with Gasteiger partial charge in [-0.3, -0.25) is 52.8 Å². The molecule has 1 saturated heterocycles. The lowest BCUT2D eigenvalue weighted by atomic mass is 9.85. The molecule has 13 atom stereocenters. The Morgan fingerprint density at radius 3 is 1.62 bits per heavy atom. The third-order valence-corrected chi connectivity index (χ3v) is 13.3. The highest BCUT2D eigenvalue weighted by molar-refractivity contribution is 6.07. The first-order valence-corrected chi connectivity index (χ1v) is 26.5. The van der Waals surface area contributed by atoms with Crippen molar-refractivity contribution in [3.8, 4) is 0 Å². The number of aliphatic hydroxyl groups excluding tert-OH is 2. The van der Waals surface area contributed by atoms with Crippen LogP contribution >= 0.6 is 0 Å². The summed E-state index contributed by atoms with van der Waals surface area (Å²) in [5.74, 6) is -11.1. The van der Waals surface area contributed by atoms with Crippen LogP contribution in [0, 0.1) is 11.8 Å². The Morgan fingerprint density at radius 1 is 0.636 bits per heavy atom. The van der Waals surface area contributed by atoms with Crippen molar-refractivity contribution >= 4 is 59.1 Å². The third-order valence-electron chi connectivity index (χ3n) is 13.3. The first-order chi connectivity index (χ1) is 36.5. The molecule has 0 bridgehead atoms. The molecule has 0 aromatic heterocycles. The summed E-state index contributed by atoms with van der Waals surface area (Å²) in [6.07, 6.45) is -3.05. The van der Waals surface area contributed by atoms with Crippen molar-refractivity contribution in [2.45, 2.75) is 171 Å². The number of imide groups is 1. The van der Waals surface area contributed by atoms with Crippen LogP contribution in [0.25, 0.3) is 0 Å². The van der Waals surface area contributed by atoms with Gasteiger partial charge in [0.05, 0.1) is 12.2 Å². The van der Waals surface area contributed by atoms with Crippen LogP contribution in [-0.2, 0) is 54.4 Å². The van der Waals surface area contributed by atoms with Gasteiger partial charge < -0.3 is 87.1 Å². The molecule has 2 aliphatic rings. The molecular formula is C50H85N15O12. The number of carbonyl (C=O) groups is 10. The lowest BCUT2D eigenvalue weighted by Crippen LogP contribution is -2.66. The van der Waals surface area contributed by atoms with Gasteiger partial charge in [0.25, 0.3) is 11.8 Å². The quantitative estimate of drug-likeness (QED) is 0.0545. The van der Waals surface area contributed by atoms with Crippen LogP contribution in [0.5, 0.6) is 0 Å². The maximum Gasteiger partial charge on any atom is 0.255 e. The van der Waals surface area contributed by atoms with Gasteiger partial charge in [-0.1, -0.05) is 50.6 Å². The average Bonchev–Trinajstić information content (AvgIpc) is 3.37. The molecule has 77 heavy (non-hydrogen) atoms. The van der Waals surface area contributed by atoms with Gasteiger partial charge in [-0.15, -0.1) is 0 Å². The summed E-state index contributed by atoms with van der Waals surface area (Å²) in [6, 6.07) is -6.58. The van der Waals surface area contributed by atoms with Crippen molar-refractivity contribution in [1.29, 1.82) is 0 Å². The molecule has 1 aromatic rings. The highest BCUT2D eigenvalue weighted by atomic mass is 16.3. The van der Waals surface area contributed by atoms with Crippen molar-refractivity contribution in [2.75, 3.05) is 32.7 Å². The average molecular weight is 1090 g/mol. The molecule has 2 fully saturated rings. The smallest absolute Gasteiger partial charge is 0.255 e. The minimum atomic E-state index is -2.11. The van der Waals surface area contributed by atoms with E-state index in [-0.39, 0.29) is 70.2 Å². The molecule has 10 amide bonds. The molecule has 22 N–H and O–H groups in total. The fourth-order valence-corrected chi connectivity index (χ4v) is 9.16. The van der Waals surface area contributed by atoms with Crippen LogP contribution < -0.4 is 76.9 Å². The zero-order valence-corrected chi connectivity index (χ0v) is 44.7. The lowest BCUT2D eigenvalue weighted by Gasteiger charge is -2.36. The number of nitrogens with two attached hydrogens (primary N) is 6. The van der Waals surface area contributed by atoms with E-state index in [0.29, 0.717) is 36.1 Å². The van der Waals surface area contributed by atoms with E-state index in [0.717, 1.165) is 6.92 Å². The summed E-state index contributed by atoms with van der Waals surface area (Å²) in [7, 11) is 0. The SMILES string of the molecule is CC(C)C[C@@H]1NC(=O)[C@@H](Cc2ccccc2)NC(=O)[C@H](CCN)NC(=O)[C@H](CCN)N(C(=O)[C@H](CCN)NC(=O)[C@@H](NC(=O)[C@@H]2CCC[C@H](N)C2)[C@@H](C)O)C(=O)[C@H]([C@@H](C)O)NC(=O)[C@H](CCN)NC(=O)[C@H](CCN)NC1=O. The number of nitrogens with one attached hydrogen (secondary N) is 8. The number of benzene rings is 1. The van der Waals surface area contributed by atoms with Crippen molar-refractivity contribution < 1.29 is 58.2 Å². The van der Waals surface area contributed by atoms with Gasteiger partial charge >= 0.3 is 0 Å². The van der Waals surface area contributed by atoms with E-state index >= 15 is 9.59 Å². The Hall–Kier alpha value is -6.20. The molecular weight excluding hydrogens is 1000 g/mol. The number of hydrogen-bond donors (Lipinski definition) is 16. The van der Waals surface area contributed by atoms with Crippen LogP contribution in [0.1, 0.15) is 97.5 Å². The van der Waals surface area contributed by atoms with Crippen LogP contribution in [0.15, 0.2) is 30.3 Å². The standard InChI is InChI=1S/C50H85N15O12/c1-26(2)23-36-45(72)58-32(13-18-51)42(69)57-34(15-20-53)44(71)64-40(28(4)67)50(77)65(49(76)35(16-21-54)60-48(75)39(27(3)66)63-41(68)30-11-8-12-31(56)25-30)38(17-22-55)47(74)59-33(14-19-52)43(70)62-37(46(73)61-36)24-29-9-6-5-7-10-29/h5-7,9-10,26-28,30-40,66-67H,8,11-25,51-56H2,1-4H3,(H,57,69)(H,58,72)(H,59,74)(H,60,75)(H,61,73)(H,62,70)(H,63,68)(H,64,71)/t27-,28-,30-,31+,32+,33+,34+,35+,36+,37-,38+,39+,40+/m1/s1. The Bertz CT molecular complexity index is 2150. The Balaban J connectivity index is 2.29. The summed E-state index contributed by atoms with van der Waals surface area (Å²) < 4.78 is 0. The van der Waals surface area contributed by atoms with Crippen molar-refractivity contribution in [3.63, 3.8) is 0 Å². The normalized spacial score (nSPS) is 26.3. The van der Waals surface area contributed by atoms with E-state index < -0.39 is 151 Å². The number of nitrogens with zero attached hydrogens (tertiary/aromatic N) is 1. The van der Waals surface area contributed by atoms with E-state index in [4.69, 9.17) is 34.4 Å². The minimum absolute atomic E-state index is 0.0562. The third kappa shape index (κ3) is 20.0. The van der Waals surface area contributed by atoms with Gasteiger partial charge in [0.2, 0.25) is 47.3 Å². The van der Waals surface area contributed by atoms with Crippen LogP contribution in [0.3, 0.4) is 0 Å². The van der Waals surface area contributed by atoms with E-state index in [1.54, 1.807) is 44.2 Å². The van der Waals surface area contributed by atoms with Crippen LogP contribution in [-0.4, -0.2) is 180 Å². The molecule has 1 aliphatic heterocycles. The van der Waals surface area contributed by atoms with E-state index in [9.17, 15) is 48.6 Å². The van der Waals surface area contributed by atoms with E-state index in [1.165, 1.54) is 6.92 Å². The van der Waals surface area contributed by atoms with Gasteiger partial charge in [0.1, 0.15) is 54.4 Å². The van der Waals surface area contributed by atoms with Crippen molar-refractivity contribution in [2.24, 2.45) is 46.2 Å². The van der Waals surface area contributed by atoms with Gasteiger partial charge in [-0.25, -0.2) is 0 Å². The van der Waals surface area contributed by atoms with Gasteiger partial charge in [-0.05, 0) is 116 Å². The van der Waals surface area contributed by atoms with E-state index in [1.807, 2.05) is 0 Å². The Kier molecular flexibility index (Phi) is 27.5. The highest BCUT2D eigenvalue weighted by Gasteiger charge is 2.45. The Morgan fingerprint density at radius 2 is 1.13 bits per heavy atom. The molecule has 27 heteroatoms. The topological polar surface area (TPSA) is 467 Å². The minimum Gasteiger partial charge on any atom is -0.391 e.